The van der Waals surface area contributed by atoms with Crippen LogP contribution in [0.15, 0.2) is 77.8 Å². The monoisotopic (exact) mass is 633 g/mol. The van der Waals surface area contributed by atoms with Gasteiger partial charge in [0, 0.05) is 17.3 Å². The number of benzene rings is 2. The smallest absolute Gasteiger partial charge is 0.435 e. The first kappa shape index (κ1) is 33.3. The maximum atomic E-state index is 14.2. The summed E-state index contributed by atoms with van der Waals surface area (Å²) in [7, 11) is 0. The molecule has 1 fully saturated rings. The molecule has 0 bridgehead atoms. The Labute approximate surface area is 266 Å². The van der Waals surface area contributed by atoms with E-state index in [1.54, 1.807) is 17.0 Å². The number of amidine groups is 1. The standard InChI is InChI=1S/C33H39N5O6S/c1-21(2)20-44-33(43)37-30(34)26-16-15-24(45-26)18-36-31(41)25-14-9-17-38(25)32(42)29(35-19-27(39)40)28(22-10-5-3-6-11-22)23-12-7-4-8-13-23/h3-8,10-13,15-16,21,25,28-29,35H,9,14,17-20H2,1-2H3,(H,36,41)(H,39,40)(H2,34,37,43)/t25-,29+/m0/s1. The summed E-state index contributed by atoms with van der Waals surface area (Å²) in [6.45, 7) is 4.24. The van der Waals surface area contributed by atoms with Crippen molar-refractivity contribution in [2.24, 2.45) is 16.6 Å². The third-order valence-electron chi connectivity index (χ3n) is 7.33. The van der Waals surface area contributed by atoms with E-state index in [0.717, 1.165) is 16.0 Å². The Morgan fingerprint density at radius 3 is 2.27 bits per heavy atom. The number of rotatable bonds is 13. The summed E-state index contributed by atoms with van der Waals surface area (Å²) in [6.07, 6.45) is 0.367. The SMILES string of the molecule is CC(C)COC(=O)/N=C(\N)c1ccc(CNC(=O)[C@@H]2CCCN2C(=O)[C@H](NCC(=O)O)C(c2ccccc2)c2ccccc2)s1. The summed E-state index contributed by atoms with van der Waals surface area (Å²) in [4.78, 5) is 57.8. The van der Waals surface area contributed by atoms with Crippen LogP contribution in [0.3, 0.4) is 0 Å². The number of amides is 3. The number of thiophene rings is 1. The molecule has 2 heterocycles. The van der Waals surface area contributed by atoms with Gasteiger partial charge in [0.15, 0.2) is 0 Å². The molecule has 0 radical (unpaired) electrons. The topological polar surface area (TPSA) is 163 Å². The summed E-state index contributed by atoms with van der Waals surface area (Å²) in [5, 5.41) is 15.4. The Kier molecular flexibility index (Phi) is 11.8. The number of carbonyl (C=O) groups is 4. The van der Waals surface area contributed by atoms with Crippen LogP contribution in [0.2, 0.25) is 0 Å². The van der Waals surface area contributed by atoms with E-state index >= 15 is 0 Å². The van der Waals surface area contributed by atoms with Gasteiger partial charge in [-0.2, -0.15) is 4.99 Å². The quantitative estimate of drug-likeness (QED) is 0.163. The van der Waals surface area contributed by atoms with E-state index < -0.39 is 36.6 Å². The molecular weight excluding hydrogens is 594 g/mol. The lowest BCUT2D eigenvalue weighted by Crippen LogP contribution is -2.55. The van der Waals surface area contributed by atoms with Gasteiger partial charge in [-0.25, -0.2) is 4.79 Å². The molecule has 0 saturated carbocycles. The first-order chi connectivity index (χ1) is 21.6. The zero-order valence-corrected chi connectivity index (χ0v) is 26.2. The van der Waals surface area contributed by atoms with Crippen LogP contribution in [0.25, 0.3) is 0 Å². The highest BCUT2D eigenvalue weighted by Gasteiger charge is 2.40. The van der Waals surface area contributed by atoms with Gasteiger partial charge >= 0.3 is 12.1 Å². The first-order valence-corrected chi connectivity index (χ1v) is 15.7. The highest BCUT2D eigenvalue weighted by atomic mass is 32.1. The molecule has 1 aliphatic heterocycles. The first-order valence-electron chi connectivity index (χ1n) is 14.9. The van der Waals surface area contributed by atoms with E-state index in [0.29, 0.717) is 24.3 Å². The molecule has 1 aromatic heterocycles. The number of aliphatic carboxylic acids is 1. The fourth-order valence-electron chi connectivity index (χ4n) is 5.25. The number of carboxylic acid groups (broad SMARTS) is 1. The Hall–Kier alpha value is -4.55. The van der Waals surface area contributed by atoms with Crippen molar-refractivity contribution in [3.63, 3.8) is 0 Å². The van der Waals surface area contributed by atoms with Gasteiger partial charge in [0.05, 0.1) is 30.6 Å². The average Bonchev–Trinajstić information content (AvgIpc) is 3.72. The van der Waals surface area contributed by atoms with Crippen molar-refractivity contribution in [2.75, 3.05) is 19.7 Å². The van der Waals surface area contributed by atoms with Gasteiger partial charge in [0.1, 0.15) is 11.9 Å². The fraction of sp³-hybridized carbons (Fsp3) is 0.364. The third kappa shape index (κ3) is 9.22. The van der Waals surface area contributed by atoms with Crippen LogP contribution in [-0.2, 0) is 25.7 Å². The zero-order chi connectivity index (χ0) is 32.3. The predicted molar refractivity (Wildman–Crippen MR) is 172 cm³/mol. The Morgan fingerprint density at radius 2 is 1.67 bits per heavy atom. The van der Waals surface area contributed by atoms with Gasteiger partial charge in [-0.3, -0.25) is 19.7 Å². The van der Waals surface area contributed by atoms with Crippen molar-refractivity contribution in [1.29, 1.82) is 0 Å². The second-order valence-corrected chi connectivity index (χ2v) is 12.4. The minimum absolute atomic E-state index is 0.0326. The second-order valence-electron chi connectivity index (χ2n) is 11.2. The molecule has 2 aromatic carbocycles. The molecule has 1 saturated heterocycles. The van der Waals surface area contributed by atoms with Gasteiger partial charge in [0.25, 0.3) is 0 Å². The van der Waals surface area contributed by atoms with Gasteiger partial charge in [-0.1, -0.05) is 74.5 Å². The van der Waals surface area contributed by atoms with Crippen LogP contribution in [0, 0.1) is 5.92 Å². The summed E-state index contributed by atoms with van der Waals surface area (Å²) < 4.78 is 5.05. The number of nitrogens with two attached hydrogens (primary N) is 1. The van der Waals surface area contributed by atoms with Crippen molar-refractivity contribution in [2.45, 2.75) is 51.2 Å². The maximum absolute atomic E-state index is 14.2. The molecule has 0 unspecified atom stereocenters. The van der Waals surface area contributed by atoms with Crippen LogP contribution in [0.4, 0.5) is 4.79 Å². The van der Waals surface area contributed by atoms with Crippen LogP contribution in [-0.4, -0.2) is 71.5 Å². The molecule has 238 valence electrons. The van der Waals surface area contributed by atoms with E-state index in [2.05, 4.69) is 15.6 Å². The number of likely N-dealkylation sites (tertiary alicyclic amines) is 1. The number of ether oxygens (including phenoxy) is 1. The molecule has 0 spiro atoms. The summed E-state index contributed by atoms with van der Waals surface area (Å²) in [5.74, 6) is -2.00. The molecule has 3 amide bonds. The number of carboxylic acids is 1. The number of nitrogens with one attached hydrogen (secondary N) is 2. The van der Waals surface area contributed by atoms with E-state index in [1.165, 1.54) is 11.3 Å². The Morgan fingerprint density at radius 1 is 1.02 bits per heavy atom. The number of hydrogen-bond donors (Lipinski definition) is 4. The van der Waals surface area contributed by atoms with Gasteiger partial charge in [0.2, 0.25) is 11.8 Å². The lowest BCUT2D eigenvalue weighted by molar-refractivity contribution is -0.141. The highest BCUT2D eigenvalue weighted by molar-refractivity contribution is 7.14. The van der Waals surface area contributed by atoms with Gasteiger partial charge in [-0.15, -0.1) is 11.3 Å². The molecular formula is C33H39N5O6S. The van der Waals surface area contributed by atoms with E-state index in [-0.39, 0.29) is 36.7 Å². The fourth-order valence-corrected chi connectivity index (χ4v) is 6.10. The van der Waals surface area contributed by atoms with Crippen LogP contribution in [0.1, 0.15) is 53.5 Å². The van der Waals surface area contributed by atoms with Crippen LogP contribution < -0.4 is 16.4 Å². The molecule has 2 atom stereocenters. The summed E-state index contributed by atoms with van der Waals surface area (Å²) in [5.41, 5.74) is 7.69. The normalized spacial score (nSPS) is 15.7. The minimum Gasteiger partial charge on any atom is -0.480 e. The van der Waals surface area contributed by atoms with E-state index in [4.69, 9.17) is 10.5 Å². The lowest BCUT2D eigenvalue weighted by atomic mass is 9.84. The van der Waals surface area contributed by atoms with E-state index in [9.17, 15) is 24.3 Å². The van der Waals surface area contributed by atoms with Gasteiger partial charge in [-0.05, 0) is 42.0 Å². The van der Waals surface area contributed by atoms with Crippen molar-refractivity contribution >= 4 is 41.0 Å². The largest absolute Gasteiger partial charge is 0.480 e. The summed E-state index contributed by atoms with van der Waals surface area (Å²) >= 11 is 1.29. The summed E-state index contributed by atoms with van der Waals surface area (Å²) in [6, 6.07) is 20.8. The predicted octanol–water partition coefficient (Wildman–Crippen LogP) is 3.73. The Balaban J connectivity index is 1.48. The molecule has 1 aliphatic rings. The van der Waals surface area contributed by atoms with Gasteiger partial charge < -0.3 is 25.8 Å². The average molecular weight is 634 g/mol. The molecule has 11 nitrogen and oxygen atoms in total. The van der Waals surface area contributed by atoms with Crippen LogP contribution >= 0.6 is 11.3 Å². The van der Waals surface area contributed by atoms with Crippen molar-refractivity contribution < 1.29 is 29.0 Å². The molecule has 0 aliphatic carbocycles. The zero-order valence-electron chi connectivity index (χ0n) is 25.3. The van der Waals surface area contributed by atoms with Crippen LogP contribution in [0.5, 0.6) is 0 Å². The lowest BCUT2D eigenvalue weighted by Gasteiger charge is -2.33. The highest BCUT2D eigenvalue weighted by Crippen LogP contribution is 2.31. The molecule has 45 heavy (non-hydrogen) atoms. The number of carbonyl (C=O) groups excluding carboxylic acids is 3. The van der Waals surface area contributed by atoms with Crippen molar-refractivity contribution in [3.8, 4) is 0 Å². The minimum atomic E-state index is -1.09. The number of aliphatic imine (C=N–C) groups is 1. The molecule has 12 heteroatoms. The third-order valence-corrected chi connectivity index (χ3v) is 8.44. The Bertz CT molecular complexity index is 1450. The molecule has 4 rings (SSSR count). The number of nitrogens with zero attached hydrogens (tertiary/aromatic N) is 2. The van der Waals surface area contributed by atoms with E-state index in [1.807, 2.05) is 74.5 Å². The molecule has 5 N–H and O–H groups in total. The second kappa shape index (κ2) is 16.0. The van der Waals surface area contributed by atoms with Crippen molar-refractivity contribution in [3.05, 3.63) is 93.7 Å². The van der Waals surface area contributed by atoms with Crippen molar-refractivity contribution in [1.82, 2.24) is 15.5 Å². The molecule has 3 aromatic rings. The number of hydrogen-bond acceptors (Lipinski definition) is 7. The maximum Gasteiger partial charge on any atom is 0.435 e.